The van der Waals surface area contributed by atoms with Gasteiger partial charge in [-0.3, -0.25) is 9.59 Å². The van der Waals surface area contributed by atoms with Crippen LogP contribution in [0.5, 0.6) is 5.75 Å². The van der Waals surface area contributed by atoms with E-state index in [0.717, 1.165) is 16.7 Å². The first kappa shape index (κ1) is 21.1. The molecule has 3 aromatic carbocycles. The Kier molecular flexibility index (Phi) is 6.86. The number of rotatable bonds is 7. The number of aryl methyl sites for hydroxylation is 1. The van der Waals surface area contributed by atoms with Crippen molar-refractivity contribution in [3.05, 3.63) is 95.1 Å². The van der Waals surface area contributed by atoms with Gasteiger partial charge in [-0.05, 0) is 55.7 Å². The van der Waals surface area contributed by atoms with Crippen molar-refractivity contribution < 1.29 is 14.3 Å². The standard InChI is InChI=1S/C25H26N2O3/c1-17-10-9-15-23(18(17)2)30-16-24(28)27-22-14-8-7-13-21(22)25(29)26-19(3)20-11-5-4-6-12-20/h4-15,19H,16H2,1-3H3,(H,26,29)(H,27,28)/t19-/m0/s1. The van der Waals surface area contributed by atoms with Crippen LogP contribution in [0.25, 0.3) is 0 Å². The summed E-state index contributed by atoms with van der Waals surface area (Å²) in [6.45, 7) is 5.73. The lowest BCUT2D eigenvalue weighted by Gasteiger charge is -2.16. The van der Waals surface area contributed by atoms with Crippen LogP contribution in [0, 0.1) is 13.8 Å². The maximum atomic E-state index is 12.8. The Morgan fingerprint density at radius 2 is 1.60 bits per heavy atom. The molecule has 0 saturated carbocycles. The first-order valence-electron chi connectivity index (χ1n) is 9.89. The molecule has 0 radical (unpaired) electrons. The summed E-state index contributed by atoms with van der Waals surface area (Å²) >= 11 is 0. The van der Waals surface area contributed by atoms with Crippen LogP contribution in [-0.4, -0.2) is 18.4 Å². The van der Waals surface area contributed by atoms with Crippen molar-refractivity contribution in [1.29, 1.82) is 0 Å². The van der Waals surface area contributed by atoms with E-state index in [2.05, 4.69) is 10.6 Å². The molecule has 30 heavy (non-hydrogen) atoms. The van der Waals surface area contributed by atoms with Gasteiger partial charge in [0.15, 0.2) is 6.61 Å². The van der Waals surface area contributed by atoms with E-state index in [-0.39, 0.29) is 24.5 Å². The zero-order valence-corrected chi connectivity index (χ0v) is 17.4. The van der Waals surface area contributed by atoms with Gasteiger partial charge in [-0.25, -0.2) is 0 Å². The maximum Gasteiger partial charge on any atom is 0.262 e. The fourth-order valence-corrected chi connectivity index (χ4v) is 3.10. The van der Waals surface area contributed by atoms with Crippen molar-refractivity contribution in [2.24, 2.45) is 0 Å². The quantitative estimate of drug-likeness (QED) is 0.596. The van der Waals surface area contributed by atoms with Crippen LogP contribution >= 0.6 is 0 Å². The van der Waals surface area contributed by atoms with Crippen molar-refractivity contribution in [2.45, 2.75) is 26.8 Å². The van der Waals surface area contributed by atoms with E-state index in [1.807, 2.05) is 69.3 Å². The van der Waals surface area contributed by atoms with Crippen LogP contribution in [0.3, 0.4) is 0 Å². The van der Waals surface area contributed by atoms with Crippen LogP contribution < -0.4 is 15.4 Å². The second-order valence-electron chi connectivity index (χ2n) is 7.19. The third-order valence-corrected chi connectivity index (χ3v) is 5.01. The number of carbonyl (C=O) groups excluding carboxylic acids is 2. The third-order valence-electron chi connectivity index (χ3n) is 5.01. The second kappa shape index (κ2) is 9.74. The number of ether oxygens (including phenoxy) is 1. The molecular formula is C25H26N2O3. The molecule has 3 aromatic rings. The largest absolute Gasteiger partial charge is 0.483 e. The van der Waals surface area contributed by atoms with Gasteiger partial charge in [0.1, 0.15) is 5.75 Å². The zero-order valence-electron chi connectivity index (χ0n) is 17.4. The minimum atomic E-state index is -0.327. The molecule has 2 amide bonds. The molecule has 5 nitrogen and oxygen atoms in total. The molecule has 0 fully saturated rings. The number of hydrogen-bond acceptors (Lipinski definition) is 3. The smallest absolute Gasteiger partial charge is 0.262 e. The molecule has 2 N–H and O–H groups in total. The van der Waals surface area contributed by atoms with Gasteiger partial charge in [0.05, 0.1) is 17.3 Å². The molecule has 1 atom stereocenters. The lowest BCUT2D eigenvalue weighted by Crippen LogP contribution is -2.28. The average Bonchev–Trinajstić information content (AvgIpc) is 2.75. The second-order valence-corrected chi connectivity index (χ2v) is 7.19. The topological polar surface area (TPSA) is 67.4 Å². The predicted molar refractivity (Wildman–Crippen MR) is 119 cm³/mol. The zero-order chi connectivity index (χ0) is 21.5. The van der Waals surface area contributed by atoms with Gasteiger partial charge in [0.2, 0.25) is 0 Å². The number of anilines is 1. The molecule has 154 valence electrons. The number of amides is 2. The average molecular weight is 402 g/mol. The summed E-state index contributed by atoms with van der Waals surface area (Å²) in [6, 6.07) is 22.2. The Labute approximate surface area is 177 Å². The summed E-state index contributed by atoms with van der Waals surface area (Å²) in [6.07, 6.45) is 0. The van der Waals surface area contributed by atoms with E-state index in [4.69, 9.17) is 4.74 Å². The molecule has 5 heteroatoms. The minimum Gasteiger partial charge on any atom is -0.483 e. The lowest BCUT2D eigenvalue weighted by atomic mass is 10.1. The number of benzene rings is 3. The minimum absolute atomic E-state index is 0.138. The summed E-state index contributed by atoms with van der Waals surface area (Å²) in [4.78, 5) is 25.2. The fourth-order valence-electron chi connectivity index (χ4n) is 3.10. The molecule has 3 rings (SSSR count). The normalized spacial score (nSPS) is 11.4. The summed E-state index contributed by atoms with van der Waals surface area (Å²) in [5, 5.41) is 5.76. The molecule has 0 bridgehead atoms. The summed E-state index contributed by atoms with van der Waals surface area (Å²) in [7, 11) is 0. The molecule has 0 saturated heterocycles. The molecule has 0 aromatic heterocycles. The Bertz CT molecular complexity index is 1030. The number of para-hydroxylation sites is 1. The van der Waals surface area contributed by atoms with Crippen LogP contribution in [0.15, 0.2) is 72.8 Å². The summed E-state index contributed by atoms with van der Waals surface area (Å²) in [5.74, 6) is 0.0952. The van der Waals surface area contributed by atoms with Gasteiger partial charge in [0, 0.05) is 0 Å². The highest BCUT2D eigenvalue weighted by Crippen LogP contribution is 2.21. The number of carbonyl (C=O) groups is 2. The Hall–Kier alpha value is -3.60. The highest BCUT2D eigenvalue weighted by Gasteiger charge is 2.16. The first-order valence-corrected chi connectivity index (χ1v) is 9.89. The number of nitrogens with one attached hydrogen (secondary N) is 2. The van der Waals surface area contributed by atoms with Gasteiger partial charge in [-0.2, -0.15) is 0 Å². The van der Waals surface area contributed by atoms with Gasteiger partial charge >= 0.3 is 0 Å². The first-order chi connectivity index (χ1) is 14.5. The van der Waals surface area contributed by atoms with Gasteiger partial charge < -0.3 is 15.4 Å². The van der Waals surface area contributed by atoms with E-state index < -0.39 is 0 Å². The summed E-state index contributed by atoms with van der Waals surface area (Å²) < 4.78 is 5.66. The molecule has 0 unspecified atom stereocenters. The van der Waals surface area contributed by atoms with Crippen molar-refractivity contribution in [2.75, 3.05) is 11.9 Å². The Morgan fingerprint density at radius 1 is 0.900 bits per heavy atom. The Balaban J connectivity index is 1.65. The van der Waals surface area contributed by atoms with E-state index in [0.29, 0.717) is 17.0 Å². The van der Waals surface area contributed by atoms with E-state index in [1.165, 1.54) is 0 Å². The highest BCUT2D eigenvalue weighted by molar-refractivity contribution is 6.04. The SMILES string of the molecule is Cc1cccc(OCC(=O)Nc2ccccc2C(=O)N[C@@H](C)c2ccccc2)c1C. The van der Waals surface area contributed by atoms with Crippen molar-refractivity contribution in [3.63, 3.8) is 0 Å². The van der Waals surface area contributed by atoms with Crippen LogP contribution in [0.4, 0.5) is 5.69 Å². The monoisotopic (exact) mass is 402 g/mol. The van der Waals surface area contributed by atoms with Crippen molar-refractivity contribution >= 4 is 17.5 Å². The Morgan fingerprint density at radius 3 is 2.37 bits per heavy atom. The fraction of sp³-hybridized carbons (Fsp3) is 0.200. The maximum absolute atomic E-state index is 12.8. The van der Waals surface area contributed by atoms with Crippen molar-refractivity contribution in [1.82, 2.24) is 5.32 Å². The van der Waals surface area contributed by atoms with Crippen LogP contribution in [0.2, 0.25) is 0 Å². The molecule has 0 spiro atoms. The molecule has 0 aliphatic carbocycles. The molecule has 0 aliphatic rings. The van der Waals surface area contributed by atoms with Gasteiger partial charge in [0.25, 0.3) is 11.8 Å². The third kappa shape index (κ3) is 5.26. The summed E-state index contributed by atoms with van der Waals surface area (Å²) in [5.41, 5.74) is 3.96. The molecular weight excluding hydrogens is 376 g/mol. The highest BCUT2D eigenvalue weighted by atomic mass is 16.5. The van der Waals surface area contributed by atoms with Gasteiger partial charge in [-0.1, -0.05) is 54.6 Å². The van der Waals surface area contributed by atoms with Crippen LogP contribution in [0.1, 0.15) is 40.0 Å². The molecule has 0 heterocycles. The van der Waals surface area contributed by atoms with E-state index in [9.17, 15) is 9.59 Å². The lowest BCUT2D eigenvalue weighted by molar-refractivity contribution is -0.118. The van der Waals surface area contributed by atoms with Crippen molar-refractivity contribution in [3.8, 4) is 5.75 Å². The van der Waals surface area contributed by atoms with Crippen LogP contribution in [-0.2, 0) is 4.79 Å². The van der Waals surface area contributed by atoms with Gasteiger partial charge in [-0.15, -0.1) is 0 Å². The predicted octanol–water partition coefficient (Wildman–Crippen LogP) is 4.81. The van der Waals surface area contributed by atoms with E-state index >= 15 is 0 Å². The van der Waals surface area contributed by atoms with E-state index in [1.54, 1.807) is 24.3 Å². The number of hydrogen-bond donors (Lipinski definition) is 2. The molecule has 0 aliphatic heterocycles.